The molecule has 0 heterocycles. The van der Waals surface area contributed by atoms with Crippen molar-refractivity contribution in [2.24, 2.45) is 5.41 Å². The van der Waals surface area contributed by atoms with Gasteiger partial charge in [0.1, 0.15) is 5.82 Å². The highest BCUT2D eigenvalue weighted by molar-refractivity contribution is 5.28. The van der Waals surface area contributed by atoms with E-state index in [9.17, 15) is 4.39 Å². The second-order valence-electron chi connectivity index (χ2n) is 9.17. The van der Waals surface area contributed by atoms with Crippen LogP contribution in [0.4, 0.5) is 4.39 Å². The monoisotopic (exact) mass is 370 g/mol. The first-order chi connectivity index (χ1) is 13.2. The fraction of sp³-hybridized carbons (Fsp3) is 0.692. The van der Waals surface area contributed by atoms with Crippen LogP contribution >= 0.6 is 0 Å². The minimum Gasteiger partial charge on any atom is -0.207 e. The van der Waals surface area contributed by atoms with Crippen LogP contribution in [-0.2, 0) is 6.42 Å². The zero-order chi connectivity index (χ0) is 19.1. The lowest BCUT2D eigenvalue weighted by atomic mass is 9.68. The zero-order valence-corrected chi connectivity index (χ0v) is 17.7. The van der Waals surface area contributed by atoms with Crippen LogP contribution in [0.1, 0.15) is 114 Å². The van der Waals surface area contributed by atoms with E-state index in [1.54, 1.807) is 5.57 Å². The zero-order valence-electron chi connectivity index (χ0n) is 17.7. The normalized spacial score (nSPS) is 20.9. The van der Waals surface area contributed by atoms with Gasteiger partial charge in [0, 0.05) is 0 Å². The second kappa shape index (κ2) is 9.89. The maximum absolute atomic E-state index is 14.5. The highest BCUT2D eigenvalue weighted by atomic mass is 19.1. The van der Waals surface area contributed by atoms with Crippen molar-refractivity contribution in [3.63, 3.8) is 0 Å². The van der Waals surface area contributed by atoms with Crippen LogP contribution in [-0.4, -0.2) is 0 Å². The maximum Gasteiger partial charge on any atom is 0.126 e. The van der Waals surface area contributed by atoms with Gasteiger partial charge < -0.3 is 0 Å². The van der Waals surface area contributed by atoms with E-state index in [4.69, 9.17) is 0 Å². The van der Waals surface area contributed by atoms with Crippen LogP contribution in [0.3, 0.4) is 0 Å². The molecule has 150 valence electrons. The van der Waals surface area contributed by atoms with Crippen molar-refractivity contribution in [3.05, 3.63) is 46.8 Å². The van der Waals surface area contributed by atoms with Gasteiger partial charge in [0.05, 0.1) is 0 Å². The predicted molar refractivity (Wildman–Crippen MR) is 115 cm³/mol. The molecule has 0 N–H and O–H groups in total. The van der Waals surface area contributed by atoms with Crippen LogP contribution in [0.2, 0.25) is 0 Å². The number of rotatable bonds is 8. The van der Waals surface area contributed by atoms with Gasteiger partial charge >= 0.3 is 0 Å². The Morgan fingerprint density at radius 3 is 2.48 bits per heavy atom. The second-order valence-corrected chi connectivity index (χ2v) is 9.17. The van der Waals surface area contributed by atoms with E-state index in [0.717, 1.165) is 18.4 Å². The van der Waals surface area contributed by atoms with Crippen molar-refractivity contribution < 1.29 is 4.39 Å². The first-order valence-electron chi connectivity index (χ1n) is 11.6. The molecule has 1 heteroatoms. The Hall–Kier alpha value is -1.11. The van der Waals surface area contributed by atoms with E-state index in [0.29, 0.717) is 11.3 Å². The Morgan fingerprint density at radius 1 is 1.04 bits per heavy atom. The molecular formula is C26H39F. The summed E-state index contributed by atoms with van der Waals surface area (Å²) in [6.07, 6.45) is 20.5. The average Bonchev–Trinajstić information content (AvgIpc) is 2.72. The molecule has 3 rings (SSSR count). The Balaban J connectivity index is 1.76. The quantitative estimate of drug-likeness (QED) is 0.402. The van der Waals surface area contributed by atoms with Crippen LogP contribution in [0.15, 0.2) is 29.8 Å². The van der Waals surface area contributed by atoms with Crippen molar-refractivity contribution >= 4 is 0 Å². The first-order valence-corrected chi connectivity index (χ1v) is 11.6. The van der Waals surface area contributed by atoms with E-state index in [2.05, 4.69) is 19.1 Å². The molecule has 1 aromatic rings. The molecule has 1 aromatic carbocycles. The molecule has 0 saturated heterocycles. The number of hydrogen-bond acceptors (Lipinski definition) is 0. The summed E-state index contributed by atoms with van der Waals surface area (Å²) in [6, 6.07) is 6.10. The van der Waals surface area contributed by atoms with Gasteiger partial charge in [0.2, 0.25) is 0 Å². The molecule has 0 spiro atoms. The summed E-state index contributed by atoms with van der Waals surface area (Å²) >= 11 is 0. The van der Waals surface area contributed by atoms with Crippen molar-refractivity contribution in [2.45, 2.75) is 110 Å². The van der Waals surface area contributed by atoms with Crippen molar-refractivity contribution in [3.8, 4) is 0 Å². The van der Waals surface area contributed by atoms with E-state index in [-0.39, 0.29) is 5.82 Å². The van der Waals surface area contributed by atoms with Gasteiger partial charge in [-0.3, -0.25) is 0 Å². The van der Waals surface area contributed by atoms with Gasteiger partial charge in [-0.05, 0) is 92.7 Å². The molecule has 1 atom stereocenters. The highest BCUT2D eigenvalue weighted by Crippen LogP contribution is 2.45. The van der Waals surface area contributed by atoms with Crippen molar-refractivity contribution in [1.29, 1.82) is 0 Å². The molecular weight excluding hydrogens is 331 g/mol. The number of allylic oxidation sites excluding steroid dienone is 2. The Kier molecular flexibility index (Phi) is 7.56. The third-order valence-electron chi connectivity index (χ3n) is 7.51. The molecule has 0 amide bonds. The maximum atomic E-state index is 14.5. The fourth-order valence-electron chi connectivity index (χ4n) is 5.46. The molecule has 0 aliphatic heterocycles. The summed E-state index contributed by atoms with van der Waals surface area (Å²) in [5, 5.41) is 0. The van der Waals surface area contributed by atoms with Crippen molar-refractivity contribution in [1.82, 2.24) is 0 Å². The smallest absolute Gasteiger partial charge is 0.126 e. The van der Waals surface area contributed by atoms with E-state index in [1.807, 2.05) is 19.1 Å². The van der Waals surface area contributed by atoms with Gasteiger partial charge in [-0.1, -0.05) is 63.3 Å². The minimum absolute atomic E-state index is 0.000458. The lowest BCUT2D eigenvalue weighted by molar-refractivity contribution is 0.156. The lowest BCUT2D eigenvalue weighted by Crippen LogP contribution is -2.24. The van der Waals surface area contributed by atoms with Gasteiger partial charge in [-0.2, -0.15) is 0 Å². The summed E-state index contributed by atoms with van der Waals surface area (Å²) in [4.78, 5) is 0. The molecule has 0 aromatic heterocycles. The molecule has 2 aliphatic carbocycles. The van der Waals surface area contributed by atoms with Gasteiger partial charge in [0.25, 0.3) is 0 Å². The third-order valence-corrected chi connectivity index (χ3v) is 7.51. The summed E-state index contributed by atoms with van der Waals surface area (Å²) in [6.45, 7) is 4.43. The fourth-order valence-corrected chi connectivity index (χ4v) is 5.46. The largest absolute Gasteiger partial charge is 0.207 e. The number of aryl methyl sites for hydroxylation is 1. The molecule has 1 unspecified atom stereocenters. The van der Waals surface area contributed by atoms with Gasteiger partial charge in [-0.15, -0.1) is 0 Å². The lowest BCUT2D eigenvalue weighted by Gasteiger charge is -2.38. The van der Waals surface area contributed by atoms with Gasteiger partial charge in [0.15, 0.2) is 0 Å². The highest BCUT2D eigenvalue weighted by Gasteiger charge is 2.31. The number of halogens is 1. The molecule has 0 bridgehead atoms. The summed E-state index contributed by atoms with van der Waals surface area (Å²) in [5.41, 5.74) is 4.27. The van der Waals surface area contributed by atoms with E-state index >= 15 is 0 Å². The predicted octanol–water partition coefficient (Wildman–Crippen LogP) is 8.50. The minimum atomic E-state index is 0.000458. The standard InChI is InChI=1S/C26H39F/c1-3-22-13-14-23(20-25(22)27)24(19-21-11-7-5-8-12-21)15-18-26(4-2)16-9-6-10-17-26/h11,13-14,20,24H,3-10,12,15-19H2,1-2H3. The van der Waals surface area contributed by atoms with Crippen LogP contribution < -0.4 is 0 Å². The third kappa shape index (κ3) is 5.46. The van der Waals surface area contributed by atoms with E-state index < -0.39 is 0 Å². The first kappa shape index (κ1) is 20.6. The molecule has 0 radical (unpaired) electrons. The SMILES string of the molecule is CCc1ccc(C(CCC2(CC)CCCCC2)CC2=CCCCC2)cc1F. The average molecular weight is 371 g/mol. The van der Waals surface area contributed by atoms with Gasteiger partial charge in [-0.25, -0.2) is 4.39 Å². The van der Waals surface area contributed by atoms with Crippen LogP contribution in [0.25, 0.3) is 0 Å². The van der Waals surface area contributed by atoms with Crippen LogP contribution in [0.5, 0.6) is 0 Å². The topological polar surface area (TPSA) is 0 Å². The van der Waals surface area contributed by atoms with E-state index in [1.165, 1.54) is 82.6 Å². The Labute approximate surface area is 166 Å². The van der Waals surface area contributed by atoms with Crippen LogP contribution in [0, 0.1) is 11.2 Å². The molecule has 1 fully saturated rings. The Morgan fingerprint density at radius 2 is 1.85 bits per heavy atom. The molecule has 27 heavy (non-hydrogen) atoms. The van der Waals surface area contributed by atoms with Crippen molar-refractivity contribution in [2.75, 3.05) is 0 Å². The number of benzene rings is 1. The summed E-state index contributed by atoms with van der Waals surface area (Å²) in [5.74, 6) is 0.487. The summed E-state index contributed by atoms with van der Waals surface area (Å²) in [7, 11) is 0. The summed E-state index contributed by atoms with van der Waals surface area (Å²) < 4.78 is 14.5. The Bertz CT molecular complexity index is 621. The molecule has 2 aliphatic rings. The molecule has 0 nitrogen and oxygen atoms in total. The number of hydrogen-bond donors (Lipinski definition) is 0. The molecule has 1 saturated carbocycles.